The van der Waals surface area contributed by atoms with Crippen molar-refractivity contribution >= 4 is 6.01 Å². The minimum atomic E-state index is 0.278. The molecule has 2 N–H and O–H groups in total. The van der Waals surface area contributed by atoms with E-state index in [4.69, 9.17) is 10.2 Å². The third-order valence-corrected chi connectivity index (χ3v) is 3.31. The number of rotatable bonds is 1. The van der Waals surface area contributed by atoms with E-state index in [-0.39, 0.29) is 6.04 Å². The maximum Gasteiger partial charge on any atom is 0.297 e. The molecule has 0 amide bonds. The first-order valence-electron chi connectivity index (χ1n) is 5.82. The van der Waals surface area contributed by atoms with Gasteiger partial charge in [-0.05, 0) is 25.7 Å². The van der Waals surface area contributed by atoms with E-state index in [1.54, 1.807) is 0 Å². The lowest BCUT2D eigenvalue weighted by Gasteiger charge is -2.29. The number of fused-ring (bicyclic) bond motifs is 1. The Morgan fingerprint density at radius 2 is 2.27 bits per heavy atom. The van der Waals surface area contributed by atoms with Gasteiger partial charge in [-0.1, -0.05) is 0 Å². The van der Waals surface area contributed by atoms with Crippen LogP contribution in [0.1, 0.15) is 30.7 Å². The standard InChI is InChI=1S/C11H17N3O/c12-8-3-2-6-14(7-8)11-13-9-4-1-5-10(9)15-11/h8H,1-7,12H2. The second kappa shape index (κ2) is 3.52. The van der Waals surface area contributed by atoms with E-state index < -0.39 is 0 Å². The molecule has 2 aliphatic rings. The Balaban J connectivity index is 1.80. The summed E-state index contributed by atoms with van der Waals surface area (Å²) in [6.45, 7) is 1.92. The molecule has 0 aromatic carbocycles. The van der Waals surface area contributed by atoms with E-state index in [2.05, 4.69) is 9.88 Å². The number of oxazole rings is 1. The van der Waals surface area contributed by atoms with Crippen LogP contribution in [-0.4, -0.2) is 24.1 Å². The van der Waals surface area contributed by atoms with Crippen molar-refractivity contribution in [1.82, 2.24) is 4.98 Å². The monoisotopic (exact) mass is 207 g/mol. The van der Waals surface area contributed by atoms with Crippen LogP contribution >= 0.6 is 0 Å². The maximum atomic E-state index is 5.94. The fraction of sp³-hybridized carbons (Fsp3) is 0.727. The van der Waals surface area contributed by atoms with Gasteiger partial charge in [0.25, 0.3) is 6.01 Å². The van der Waals surface area contributed by atoms with Crippen molar-refractivity contribution in [1.29, 1.82) is 0 Å². The normalized spacial score (nSPS) is 25.7. The van der Waals surface area contributed by atoms with Gasteiger partial charge in [0.15, 0.2) is 0 Å². The van der Waals surface area contributed by atoms with E-state index >= 15 is 0 Å². The maximum absolute atomic E-state index is 5.94. The summed E-state index contributed by atoms with van der Waals surface area (Å²) in [5.74, 6) is 1.10. The topological polar surface area (TPSA) is 55.3 Å². The van der Waals surface area contributed by atoms with Gasteiger partial charge in [0, 0.05) is 25.6 Å². The number of piperidine rings is 1. The zero-order valence-electron chi connectivity index (χ0n) is 8.91. The molecule has 15 heavy (non-hydrogen) atoms. The molecule has 0 spiro atoms. The fourth-order valence-electron chi connectivity index (χ4n) is 2.50. The van der Waals surface area contributed by atoms with E-state index in [1.165, 1.54) is 12.1 Å². The molecule has 1 fully saturated rings. The minimum Gasteiger partial charge on any atom is -0.428 e. The van der Waals surface area contributed by atoms with Gasteiger partial charge in [0.05, 0.1) is 5.69 Å². The molecule has 3 rings (SSSR count). The highest BCUT2D eigenvalue weighted by molar-refractivity contribution is 5.32. The van der Waals surface area contributed by atoms with E-state index in [1.807, 2.05) is 0 Å². The summed E-state index contributed by atoms with van der Waals surface area (Å²) in [7, 11) is 0. The summed E-state index contributed by atoms with van der Waals surface area (Å²) in [6.07, 6.45) is 5.60. The summed E-state index contributed by atoms with van der Waals surface area (Å²) in [5.41, 5.74) is 7.11. The summed E-state index contributed by atoms with van der Waals surface area (Å²) >= 11 is 0. The Bertz CT molecular complexity index is 339. The van der Waals surface area contributed by atoms with Gasteiger partial charge in [-0.3, -0.25) is 0 Å². The summed E-state index contributed by atoms with van der Waals surface area (Å²) < 4.78 is 5.77. The van der Waals surface area contributed by atoms with Crippen molar-refractivity contribution in [3.05, 3.63) is 11.5 Å². The van der Waals surface area contributed by atoms with Crippen LogP contribution in [0.5, 0.6) is 0 Å². The molecule has 0 saturated carbocycles. The Kier molecular flexibility index (Phi) is 2.16. The number of hydrogen-bond acceptors (Lipinski definition) is 4. The van der Waals surface area contributed by atoms with Crippen LogP contribution in [-0.2, 0) is 12.8 Å². The average Bonchev–Trinajstić information content (AvgIpc) is 2.76. The molecule has 1 unspecified atom stereocenters. The van der Waals surface area contributed by atoms with E-state index in [9.17, 15) is 0 Å². The molecular formula is C11H17N3O. The van der Waals surface area contributed by atoms with Crippen LogP contribution in [0, 0.1) is 0 Å². The zero-order chi connectivity index (χ0) is 10.3. The van der Waals surface area contributed by atoms with Crippen molar-refractivity contribution in [3.63, 3.8) is 0 Å². The number of aromatic nitrogens is 1. The van der Waals surface area contributed by atoms with Crippen LogP contribution < -0.4 is 10.6 Å². The molecule has 0 bridgehead atoms. The van der Waals surface area contributed by atoms with Gasteiger partial charge in [-0.25, -0.2) is 0 Å². The molecule has 4 nitrogen and oxygen atoms in total. The molecule has 1 aliphatic carbocycles. The highest BCUT2D eigenvalue weighted by atomic mass is 16.4. The quantitative estimate of drug-likeness (QED) is 0.749. The molecule has 82 valence electrons. The SMILES string of the molecule is NC1CCCN(c2nc3c(o2)CCC3)C1. The Morgan fingerprint density at radius 3 is 3.07 bits per heavy atom. The second-order valence-corrected chi connectivity index (χ2v) is 4.57. The van der Waals surface area contributed by atoms with Gasteiger partial charge in [-0.2, -0.15) is 4.98 Å². The van der Waals surface area contributed by atoms with Gasteiger partial charge in [0.2, 0.25) is 0 Å². The zero-order valence-corrected chi connectivity index (χ0v) is 8.91. The van der Waals surface area contributed by atoms with Crippen molar-refractivity contribution in [3.8, 4) is 0 Å². The highest BCUT2D eigenvalue weighted by Crippen LogP contribution is 2.27. The molecule has 2 heterocycles. The molecule has 4 heteroatoms. The largest absolute Gasteiger partial charge is 0.428 e. The average molecular weight is 207 g/mol. The smallest absolute Gasteiger partial charge is 0.297 e. The third-order valence-electron chi connectivity index (χ3n) is 3.31. The van der Waals surface area contributed by atoms with Crippen LogP contribution in [0.15, 0.2) is 4.42 Å². The van der Waals surface area contributed by atoms with Crippen LogP contribution in [0.4, 0.5) is 6.01 Å². The lowest BCUT2D eigenvalue weighted by molar-refractivity contribution is 0.443. The van der Waals surface area contributed by atoms with Gasteiger partial charge in [-0.15, -0.1) is 0 Å². The summed E-state index contributed by atoms with van der Waals surface area (Å²) in [5, 5.41) is 0. The lowest BCUT2D eigenvalue weighted by Crippen LogP contribution is -2.43. The van der Waals surface area contributed by atoms with E-state index in [0.29, 0.717) is 0 Å². The van der Waals surface area contributed by atoms with Crippen LogP contribution in [0.3, 0.4) is 0 Å². The number of aryl methyl sites for hydroxylation is 2. The van der Waals surface area contributed by atoms with Crippen LogP contribution in [0.2, 0.25) is 0 Å². The molecule has 1 atom stereocenters. The number of anilines is 1. The fourth-order valence-corrected chi connectivity index (χ4v) is 2.50. The number of nitrogens with zero attached hydrogens (tertiary/aromatic N) is 2. The van der Waals surface area contributed by atoms with Crippen molar-refractivity contribution in [2.24, 2.45) is 5.73 Å². The first kappa shape index (κ1) is 9.21. The van der Waals surface area contributed by atoms with Crippen molar-refractivity contribution < 1.29 is 4.42 Å². The molecule has 1 aromatic rings. The van der Waals surface area contributed by atoms with E-state index in [0.717, 1.165) is 50.5 Å². The second-order valence-electron chi connectivity index (χ2n) is 4.57. The molecule has 1 aromatic heterocycles. The van der Waals surface area contributed by atoms with Crippen LogP contribution in [0.25, 0.3) is 0 Å². The van der Waals surface area contributed by atoms with Crippen molar-refractivity contribution in [2.45, 2.75) is 38.1 Å². The van der Waals surface area contributed by atoms with Gasteiger partial charge < -0.3 is 15.1 Å². The Morgan fingerprint density at radius 1 is 1.33 bits per heavy atom. The molecular weight excluding hydrogens is 190 g/mol. The molecule has 0 radical (unpaired) electrons. The molecule has 1 aliphatic heterocycles. The first-order chi connectivity index (χ1) is 7.33. The highest BCUT2D eigenvalue weighted by Gasteiger charge is 2.24. The lowest BCUT2D eigenvalue weighted by atomic mass is 10.1. The number of nitrogens with two attached hydrogens (primary N) is 1. The van der Waals surface area contributed by atoms with Crippen molar-refractivity contribution in [2.75, 3.05) is 18.0 Å². The Labute approximate surface area is 89.5 Å². The summed E-state index contributed by atoms with van der Waals surface area (Å²) in [6, 6.07) is 1.08. The summed E-state index contributed by atoms with van der Waals surface area (Å²) in [4.78, 5) is 6.74. The predicted molar refractivity (Wildman–Crippen MR) is 58.0 cm³/mol. The predicted octanol–water partition coefficient (Wildman–Crippen LogP) is 1.09. The van der Waals surface area contributed by atoms with Gasteiger partial charge >= 0.3 is 0 Å². The Hall–Kier alpha value is -1.03. The van der Waals surface area contributed by atoms with Gasteiger partial charge in [0.1, 0.15) is 5.76 Å². The molecule has 1 saturated heterocycles. The third kappa shape index (κ3) is 1.63. The minimum absolute atomic E-state index is 0.278. The first-order valence-corrected chi connectivity index (χ1v) is 5.82. The number of hydrogen-bond donors (Lipinski definition) is 1.